The molecule has 1 amide bonds. The number of aliphatic hydroxyl groups excluding tert-OH is 1. The van der Waals surface area contributed by atoms with E-state index in [1.54, 1.807) is 0 Å². The van der Waals surface area contributed by atoms with E-state index in [1.165, 1.54) is 0 Å². The first-order chi connectivity index (χ1) is 14.0. The summed E-state index contributed by atoms with van der Waals surface area (Å²) in [7, 11) is 1.92. The second-order valence-electron chi connectivity index (χ2n) is 10.5. The number of piperidine rings is 2. The highest BCUT2D eigenvalue weighted by atomic mass is 79.9. The molecule has 3 heterocycles. The number of likely N-dealkylation sites (N-methyl/N-ethyl adjacent to an activating group) is 1. The number of hydrogen-bond donors (Lipinski definition) is 4. The Kier molecular flexibility index (Phi) is 4.38. The van der Waals surface area contributed by atoms with Gasteiger partial charge in [0.25, 0.3) is 0 Å². The molecule has 1 aliphatic carbocycles. The van der Waals surface area contributed by atoms with Crippen molar-refractivity contribution >= 4 is 27.5 Å². The van der Waals surface area contributed by atoms with Crippen LogP contribution in [0.1, 0.15) is 52.0 Å². The van der Waals surface area contributed by atoms with Gasteiger partial charge in [0.2, 0.25) is 5.91 Å². The SMILES string of the molecule is CN[C@]12CN3[C@H](C[C@H](O)C[C@@H]3C)C[C@]1(O)C(C)(C)[C@]1(C2)C(=O)Nc2c(Br)cccc21. The molecule has 3 aliphatic heterocycles. The van der Waals surface area contributed by atoms with Gasteiger partial charge in [-0.2, -0.15) is 0 Å². The van der Waals surface area contributed by atoms with Gasteiger partial charge in [-0.05, 0) is 67.2 Å². The molecule has 1 aromatic carbocycles. The van der Waals surface area contributed by atoms with Gasteiger partial charge < -0.3 is 20.8 Å². The lowest BCUT2D eigenvalue weighted by Crippen LogP contribution is -2.75. The van der Waals surface area contributed by atoms with Gasteiger partial charge in [0, 0.05) is 28.5 Å². The molecule has 6 nitrogen and oxygen atoms in total. The largest absolute Gasteiger partial charge is 0.393 e. The number of fused-ring (bicyclic) bond motifs is 4. The fourth-order valence-electron chi connectivity index (χ4n) is 7.50. The fraction of sp³-hybridized carbons (Fsp3) is 0.696. The van der Waals surface area contributed by atoms with E-state index in [0.29, 0.717) is 25.8 Å². The van der Waals surface area contributed by atoms with Gasteiger partial charge in [-0.3, -0.25) is 9.69 Å². The molecule has 2 saturated heterocycles. The molecule has 0 radical (unpaired) electrons. The number of nitrogens with one attached hydrogen (secondary N) is 2. The van der Waals surface area contributed by atoms with Crippen molar-refractivity contribution in [3.63, 3.8) is 0 Å². The molecule has 0 aromatic heterocycles. The number of rotatable bonds is 1. The Balaban J connectivity index is 1.70. The van der Waals surface area contributed by atoms with Gasteiger partial charge >= 0.3 is 0 Å². The van der Waals surface area contributed by atoms with E-state index in [4.69, 9.17) is 0 Å². The third-order valence-corrected chi connectivity index (χ3v) is 9.87. The first kappa shape index (κ1) is 20.9. The van der Waals surface area contributed by atoms with Crippen LogP contribution in [-0.2, 0) is 10.2 Å². The van der Waals surface area contributed by atoms with Gasteiger partial charge in [-0.15, -0.1) is 0 Å². The van der Waals surface area contributed by atoms with Crippen LogP contribution in [0.15, 0.2) is 22.7 Å². The van der Waals surface area contributed by atoms with Crippen molar-refractivity contribution in [1.29, 1.82) is 0 Å². The van der Waals surface area contributed by atoms with Crippen molar-refractivity contribution in [1.82, 2.24) is 10.2 Å². The highest BCUT2D eigenvalue weighted by Crippen LogP contribution is 2.69. The van der Waals surface area contributed by atoms with E-state index in [1.807, 2.05) is 25.2 Å². The van der Waals surface area contributed by atoms with Crippen LogP contribution < -0.4 is 10.6 Å². The minimum atomic E-state index is -1.10. The summed E-state index contributed by atoms with van der Waals surface area (Å²) in [4.78, 5) is 16.1. The van der Waals surface area contributed by atoms with E-state index >= 15 is 0 Å². The van der Waals surface area contributed by atoms with Crippen LogP contribution in [0.2, 0.25) is 0 Å². The van der Waals surface area contributed by atoms with Gasteiger partial charge in [0.15, 0.2) is 0 Å². The lowest BCUT2D eigenvalue weighted by Gasteiger charge is -2.60. The number of carbonyl (C=O) groups excluding carboxylic acids is 1. The molecular weight excluding hydrogens is 446 g/mol. The highest BCUT2D eigenvalue weighted by molar-refractivity contribution is 9.10. The van der Waals surface area contributed by atoms with Crippen LogP contribution >= 0.6 is 15.9 Å². The molecule has 7 heteroatoms. The summed E-state index contributed by atoms with van der Waals surface area (Å²) >= 11 is 3.60. The summed E-state index contributed by atoms with van der Waals surface area (Å²) in [5, 5.41) is 29.5. The average Bonchev–Trinajstić information content (AvgIpc) is 3.04. The number of anilines is 1. The van der Waals surface area contributed by atoms with Gasteiger partial charge in [-0.25, -0.2) is 0 Å². The van der Waals surface area contributed by atoms with Crippen LogP contribution in [0.3, 0.4) is 0 Å². The lowest BCUT2D eigenvalue weighted by molar-refractivity contribution is -0.177. The minimum absolute atomic E-state index is 0.0297. The predicted molar refractivity (Wildman–Crippen MR) is 119 cm³/mol. The van der Waals surface area contributed by atoms with Gasteiger partial charge in [0.05, 0.1) is 28.3 Å². The molecule has 4 aliphatic rings. The Morgan fingerprint density at radius 2 is 2.03 bits per heavy atom. The summed E-state index contributed by atoms with van der Waals surface area (Å²) in [6, 6.07) is 6.30. The quantitative estimate of drug-likeness (QED) is 0.498. The zero-order valence-corrected chi connectivity index (χ0v) is 19.7. The molecule has 6 atom stereocenters. The molecule has 30 heavy (non-hydrogen) atoms. The fourth-order valence-corrected chi connectivity index (χ4v) is 7.97. The number of amides is 1. The number of benzene rings is 1. The third-order valence-electron chi connectivity index (χ3n) is 9.21. The maximum atomic E-state index is 13.7. The standard InChI is InChI=1S/C23H32BrN3O3/c1-13-8-15(28)9-14-10-23(30)20(2,3)22(11-21(23,25-4)12-27(13)14)16-6-5-7-17(24)18(16)26-19(22)29/h5-7,13-15,25,28,30H,8-12H2,1-4H3,(H,26,29)/t13-,14+,15+,21+,22-,23-/m0/s1. The summed E-state index contributed by atoms with van der Waals surface area (Å²) in [5.41, 5.74) is -1.48. The van der Waals surface area contributed by atoms with Crippen molar-refractivity contribution in [2.24, 2.45) is 5.41 Å². The van der Waals surface area contributed by atoms with Crippen molar-refractivity contribution in [2.75, 3.05) is 18.9 Å². The van der Waals surface area contributed by atoms with Gasteiger partial charge in [-0.1, -0.05) is 26.0 Å². The third kappa shape index (κ3) is 2.21. The van der Waals surface area contributed by atoms with E-state index in [9.17, 15) is 15.0 Å². The Bertz CT molecular complexity index is 923. The summed E-state index contributed by atoms with van der Waals surface area (Å²) in [5.74, 6) is -0.0297. The maximum Gasteiger partial charge on any atom is 0.235 e. The molecule has 3 fully saturated rings. The zero-order valence-electron chi connectivity index (χ0n) is 18.1. The summed E-state index contributed by atoms with van der Waals surface area (Å²) in [6.07, 6.45) is 2.16. The number of aliphatic hydroxyl groups is 2. The van der Waals surface area contributed by atoms with E-state index in [0.717, 1.165) is 22.1 Å². The van der Waals surface area contributed by atoms with Crippen LogP contribution in [0, 0.1) is 5.41 Å². The molecule has 1 saturated carbocycles. The van der Waals surface area contributed by atoms with Crippen LogP contribution in [0.4, 0.5) is 5.69 Å². The van der Waals surface area contributed by atoms with Crippen LogP contribution in [0.5, 0.6) is 0 Å². The minimum Gasteiger partial charge on any atom is -0.393 e. The Morgan fingerprint density at radius 1 is 1.30 bits per heavy atom. The molecule has 4 N–H and O–H groups in total. The topological polar surface area (TPSA) is 84.8 Å². The van der Waals surface area contributed by atoms with Crippen molar-refractivity contribution < 1.29 is 15.0 Å². The second kappa shape index (κ2) is 6.29. The van der Waals surface area contributed by atoms with Gasteiger partial charge in [0.1, 0.15) is 0 Å². The first-order valence-electron chi connectivity index (χ1n) is 11.0. The molecular formula is C23H32BrN3O3. The number of nitrogens with zero attached hydrogens (tertiary/aromatic N) is 1. The molecule has 0 bridgehead atoms. The molecule has 1 aromatic rings. The van der Waals surface area contributed by atoms with Crippen LogP contribution in [-0.4, -0.2) is 63.9 Å². The summed E-state index contributed by atoms with van der Waals surface area (Å²) < 4.78 is 0.871. The molecule has 5 rings (SSSR count). The molecule has 0 unspecified atom stereocenters. The second-order valence-corrected chi connectivity index (χ2v) is 11.4. The number of hydrogen-bond acceptors (Lipinski definition) is 5. The van der Waals surface area contributed by atoms with Crippen molar-refractivity contribution in [2.45, 2.75) is 81.2 Å². The van der Waals surface area contributed by atoms with E-state index in [2.05, 4.69) is 52.2 Å². The first-order valence-corrected chi connectivity index (χ1v) is 11.8. The highest BCUT2D eigenvalue weighted by Gasteiger charge is 2.79. The molecule has 1 spiro atoms. The van der Waals surface area contributed by atoms with E-state index < -0.39 is 22.0 Å². The number of carbonyl (C=O) groups is 1. The van der Waals surface area contributed by atoms with Crippen molar-refractivity contribution in [3.05, 3.63) is 28.2 Å². The maximum absolute atomic E-state index is 13.7. The summed E-state index contributed by atoms with van der Waals surface area (Å²) in [6.45, 7) is 6.94. The Labute approximate surface area is 186 Å². The number of halogens is 1. The predicted octanol–water partition coefficient (Wildman–Crippen LogP) is 2.38. The monoisotopic (exact) mass is 477 g/mol. The van der Waals surface area contributed by atoms with E-state index in [-0.39, 0.29) is 24.1 Å². The molecule has 164 valence electrons. The number of para-hydroxylation sites is 1. The Morgan fingerprint density at radius 3 is 2.73 bits per heavy atom. The zero-order chi connectivity index (χ0) is 21.7. The lowest BCUT2D eigenvalue weighted by atomic mass is 9.57. The van der Waals surface area contributed by atoms with Crippen molar-refractivity contribution in [3.8, 4) is 0 Å². The Hall–Kier alpha value is -0.990. The van der Waals surface area contributed by atoms with Crippen LogP contribution in [0.25, 0.3) is 0 Å². The smallest absolute Gasteiger partial charge is 0.235 e. The normalized spacial score (nSPS) is 44.5. The average molecular weight is 478 g/mol.